The van der Waals surface area contributed by atoms with Gasteiger partial charge in [-0.15, -0.1) is 0 Å². The van der Waals surface area contributed by atoms with E-state index >= 15 is 0 Å². The molecule has 1 amide bonds. The van der Waals surface area contributed by atoms with Gasteiger partial charge >= 0.3 is 12.1 Å². The number of phenols is 1. The number of carboxylic acid groups (broad SMARTS) is 1. The Morgan fingerprint density at radius 3 is 2.41 bits per heavy atom. The van der Waals surface area contributed by atoms with E-state index in [1.54, 1.807) is 27.7 Å². The number of amides is 1. The van der Waals surface area contributed by atoms with Crippen LogP contribution in [-0.4, -0.2) is 39.3 Å². The third-order valence-corrected chi connectivity index (χ3v) is 2.80. The molecule has 6 nitrogen and oxygen atoms in total. The smallest absolute Gasteiger partial charge is 0.411 e. The number of rotatable bonds is 4. The number of aliphatic carboxylic acids is 1. The van der Waals surface area contributed by atoms with E-state index in [0.29, 0.717) is 0 Å². The fraction of sp³-hybridized carbons (Fsp3) is 0.467. The molecule has 1 aromatic rings. The van der Waals surface area contributed by atoms with Crippen LogP contribution >= 0.6 is 0 Å². The number of carboxylic acids is 1. The van der Waals surface area contributed by atoms with E-state index in [4.69, 9.17) is 4.74 Å². The molecule has 0 fully saturated rings. The summed E-state index contributed by atoms with van der Waals surface area (Å²) in [5.74, 6) is -2.51. The highest BCUT2D eigenvalue weighted by Crippen LogP contribution is 2.30. The topological polar surface area (TPSA) is 87.1 Å². The molecule has 2 N–H and O–H groups in total. The fourth-order valence-corrected chi connectivity index (χ4v) is 1.92. The minimum atomic E-state index is -1.55. The van der Waals surface area contributed by atoms with Gasteiger partial charge in [-0.25, -0.2) is 14.0 Å². The monoisotopic (exact) mass is 313 g/mol. The van der Waals surface area contributed by atoms with Crippen LogP contribution in [0.1, 0.15) is 39.3 Å². The summed E-state index contributed by atoms with van der Waals surface area (Å²) in [6.45, 7) is 6.52. The molecule has 1 atom stereocenters. The van der Waals surface area contributed by atoms with Gasteiger partial charge in [0.1, 0.15) is 17.2 Å². The molecule has 122 valence electrons. The Hall–Kier alpha value is -2.31. The van der Waals surface area contributed by atoms with E-state index in [1.807, 2.05) is 0 Å². The first-order chi connectivity index (χ1) is 10.1. The number of hydrogen-bond donors (Lipinski definition) is 2. The first-order valence-corrected chi connectivity index (χ1v) is 6.77. The van der Waals surface area contributed by atoms with Gasteiger partial charge in [-0.1, -0.05) is 0 Å². The number of halogens is 1. The number of aromatic hydroxyl groups is 1. The third-order valence-electron chi connectivity index (χ3n) is 2.80. The molecule has 1 aromatic carbocycles. The zero-order valence-electron chi connectivity index (χ0n) is 13.0. The fourth-order valence-electron chi connectivity index (χ4n) is 1.92. The number of likely N-dealkylation sites (N-methyl/N-ethyl adjacent to an activating group) is 1. The molecule has 0 aliphatic carbocycles. The summed E-state index contributed by atoms with van der Waals surface area (Å²) in [6.07, 6.45) is -0.855. The van der Waals surface area contributed by atoms with Crippen LogP contribution in [0, 0.1) is 5.82 Å². The lowest BCUT2D eigenvalue weighted by molar-refractivity contribution is -0.143. The molecular formula is C15H20FNO5. The van der Waals surface area contributed by atoms with Crippen molar-refractivity contribution in [1.82, 2.24) is 4.90 Å². The molecule has 0 aliphatic heterocycles. The maximum atomic E-state index is 13.4. The molecule has 0 heterocycles. The lowest BCUT2D eigenvalue weighted by atomic mass is 10.0. The normalized spacial score (nSPS) is 12.6. The number of carbonyl (C=O) groups excluding carboxylic acids is 1. The Labute approximate surface area is 128 Å². The number of hydrogen-bond acceptors (Lipinski definition) is 4. The molecule has 7 heteroatoms. The van der Waals surface area contributed by atoms with Gasteiger partial charge in [-0.3, -0.25) is 4.90 Å². The highest BCUT2D eigenvalue weighted by molar-refractivity contribution is 5.82. The molecule has 0 spiro atoms. The highest BCUT2D eigenvalue weighted by atomic mass is 19.1. The van der Waals surface area contributed by atoms with Gasteiger partial charge in [-0.05, 0) is 45.9 Å². The summed E-state index contributed by atoms with van der Waals surface area (Å²) in [4.78, 5) is 24.6. The first kappa shape index (κ1) is 17.7. The van der Waals surface area contributed by atoms with Crippen molar-refractivity contribution < 1.29 is 28.9 Å². The lowest BCUT2D eigenvalue weighted by Crippen LogP contribution is -2.42. The second-order valence-electron chi connectivity index (χ2n) is 5.71. The number of benzene rings is 1. The second kappa shape index (κ2) is 6.64. The van der Waals surface area contributed by atoms with Crippen LogP contribution in [0.4, 0.5) is 9.18 Å². The SMILES string of the molecule is CCN(C(=O)OC(C)(C)C)C(C(=O)O)c1cc(F)ccc1O. The van der Waals surface area contributed by atoms with Gasteiger partial charge in [0.15, 0.2) is 6.04 Å². The Morgan fingerprint density at radius 2 is 1.95 bits per heavy atom. The Morgan fingerprint density at radius 1 is 1.36 bits per heavy atom. The van der Waals surface area contributed by atoms with Crippen LogP contribution in [0.5, 0.6) is 5.75 Å². The molecule has 0 bridgehead atoms. The largest absolute Gasteiger partial charge is 0.508 e. The van der Waals surface area contributed by atoms with Crippen molar-refractivity contribution in [3.05, 3.63) is 29.6 Å². The Bertz CT molecular complexity index is 568. The van der Waals surface area contributed by atoms with Crippen molar-refractivity contribution in [1.29, 1.82) is 0 Å². The molecule has 1 unspecified atom stereocenters. The summed E-state index contributed by atoms with van der Waals surface area (Å²) in [5.41, 5.74) is -1.02. The zero-order valence-corrected chi connectivity index (χ0v) is 13.0. The Kier molecular flexibility index (Phi) is 5.35. The predicted octanol–water partition coefficient (Wildman–Crippen LogP) is 2.91. The van der Waals surface area contributed by atoms with E-state index in [-0.39, 0.29) is 12.1 Å². The van der Waals surface area contributed by atoms with E-state index < -0.39 is 35.3 Å². The van der Waals surface area contributed by atoms with Crippen molar-refractivity contribution in [2.75, 3.05) is 6.54 Å². The molecule has 0 saturated carbocycles. The van der Waals surface area contributed by atoms with Crippen LogP contribution < -0.4 is 0 Å². The standard InChI is InChI=1S/C15H20FNO5/c1-5-17(14(21)22-15(2,3)4)12(13(19)20)10-8-9(16)6-7-11(10)18/h6-8,12,18H,5H2,1-4H3,(H,19,20). The van der Waals surface area contributed by atoms with Crippen LogP contribution in [0.15, 0.2) is 18.2 Å². The van der Waals surface area contributed by atoms with Crippen molar-refractivity contribution in [2.45, 2.75) is 39.3 Å². The van der Waals surface area contributed by atoms with Gasteiger partial charge in [0, 0.05) is 12.1 Å². The van der Waals surface area contributed by atoms with Gasteiger partial charge in [-0.2, -0.15) is 0 Å². The molecule has 0 aromatic heterocycles. The van der Waals surface area contributed by atoms with E-state index in [2.05, 4.69) is 0 Å². The lowest BCUT2D eigenvalue weighted by Gasteiger charge is -2.31. The van der Waals surface area contributed by atoms with Crippen LogP contribution in [0.3, 0.4) is 0 Å². The molecule has 0 aliphatic rings. The molecule has 1 rings (SSSR count). The average molecular weight is 313 g/mol. The van der Waals surface area contributed by atoms with E-state index in [0.717, 1.165) is 23.1 Å². The van der Waals surface area contributed by atoms with Crippen LogP contribution in [0.2, 0.25) is 0 Å². The van der Waals surface area contributed by atoms with E-state index in [1.165, 1.54) is 0 Å². The maximum Gasteiger partial charge on any atom is 0.411 e. The Balaban J connectivity index is 3.25. The summed E-state index contributed by atoms with van der Waals surface area (Å²) in [7, 11) is 0. The van der Waals surface area contributed by atoms with Gasteiger partial charge in [0.2, 0.25) is 0 Å². The van der Waals surface area contributed by atoms with Gasteiger partial charge < -0.3 is 14.9 Å². The summed E-state index contributed by atoms with van der Waals surface area (Å²) < 4.78 is 18.5. The number of phenolic OH excluding ortho intramolecular Hbond substituents is 1. The van der Waals surface area contributed by atoms with Crippen LogP contribution in [-0.2, 0) is 9.53 Å². The molecule has 0 radical (unpaired) electrons. The van der Waals surface area contributed by atoms with Crippen molar-refractivity contribution in [3.63, 3.8) is 0 Å². The van der Waals surface area contributed by atoms with Gasteiger partial charge in [0.25, 0.3) is 0 Å². The first-order valence-electron chi connectivity index (χ1n) is 6.77. The number of nitrogens with zero attached hydrogens (tertiary/aromatic N) is 1. The predicted molar refractivity (Wildman–Crippen MR) is 77.1 cm³/mol. The van der Waals surface area contributed by atoms with Crippen molar-refractivity contribution in [3.8, 4) is 5.75 Å². The highest BCUT2D eigenvalue weighted by Gasteiger charge is 2.35. The summed E-state index contributed by atoms with van der Waals surface area (Å²) in [6, 6.07) is 1.39. The van der Waals surface area contributed by atoms with Crippen molar-refractivity contribution in [2.24, 2.45) is 0 Å². The quantitative estimate of drug-likeness (QED) is 0.892. The van der Waals surface area contributed by atoms with Gasteiger partial charge in [0.05, 0.1) is 0 Å². The number of ether oxygens (including phenoxy) is 1. The molecule has 22 heavy (non-hydrogen) atoms. The molecular weight excluding hydrogens is 293 g/mol. The number of carbonyl (C=O) groups is 2. The summed E-state index contributed by atoms with van der Waals surface area (Å²) >= 11 is 0. The summed E-state index contributed by atoms with van der Waals surface area (Å²) in [5, 5.41) is 19.2. The minimum absolute atomic E-state index is 0.0157. The van der Waals surface area contributed by atoms with E-state index in [9.17, 15) is 24.2 Å². The third kappa shape index (κ3) is 4.34. The zero-order chi connectivity index (χ0) is 17.1. The second-order valence-corrected chi connectivity index (χ2v) is 5.71. The van der Waals surface area contributed by atoms with Crippen molar-refractivity contribution >= 4 is 12.1 Å². The minimum Gasteiger partial charge on any atom is -0.508 e. The average Bonchev–Trinajstić information content (AvgIpc) is 2.36. The maximum absolute atomic E-state index is 13.4. The molecule has 0 saturated heterocycles. The van der Waals surface area contributed by atoms with Crippen LogP contribution in [0.25, 0.3) is 0 Å².